The number of nitrogens with one attached hydrogen (secondary N) is 2. The minimum Gasteiger partial charge on any atom is -0.397 e. The van der Waals surface area contributed by atoms with Crippen molar-refractivity contribution in [2.75, 3.05) is 43.9 Å². The molecule has 148 valence electrons. The summed E-state index contributed by atoms with van der Waals surface area (Å²) in [4.78, 5) is 28.4. The van der Waals surface area contributed by atoms with E-state index >= 15 is 0 Å². The molecule has 4 aromatic rings. The number of anilines is 2. The number of nitrogens with zero attached hydrogens (tertiary/aromatic N) is 3. The molecule has 4 N–H and O–H groups in total. The van der Waals surface area contributed by atoms with Crippen LogP contribution in [0.1, 0.15) is 0 Å². The number of fused-ring (bicyclic) bond motifs is 3. The molecule has 8 heteroatoms. The van der Waals surface area contributed by atoms with Crippen LogP contribution in [0.15, 0.2) is 34.4 Å². The van der Waals surface area contributed by atoms with Gasteiger partial charge in [-0.25, -0.2) is 4.98 Å². The van der Waals surface area contributed by atoms with Crippen LogP contribution in [-0.4, -0.2) is 53.1 Å². The third kappa shape index (κ3) is 2.59. The Kier molecular flexibility index (Phi) is 3.57. The number of benzene rings is 1. The van der Waals surface area contributed by atoms with Crippen LogP contribution in [0.3, 0.4) is 0 Å². The molecule has 2 aliphatic heterocycles. The number of likely N-dealkylation sites (tertiary alicyclic amines) is 1. The van der Waals surface area contributed by atoms with E-state index in [1.807, 2.05) is 17.5 Å². The van der Waals surface area contributed by atoms with Gasteiger partial charge in [-0.3, -0.25) is 4.79 Å². The van der Waals surface area contributed by atoms with Gasteiger partial charge in [0, 0.05) is 31.9 Å². The standard InChI is InChI=1S/C21H22N6OS/c1-26-7-11-9-27(10-12(11)8-26)13-2-3-14-16(6-13)24-20(23-14)17-18(22)19-15(4-5-29-19)25-21(17)28/h2-6,11-12H,7-10H2,1H3,(H,23,24)(H3,22,25,28). The van der Waals surface area contributed by atoms with Gasteiger partial charge >= 0.3 is 0 Å². The van der Waals surface area contributed by atoms with Gasteiger partial charge in [-0.15, -0.1) is 11.3 Å². The maximum Gasteiger partial charge on any atom is 0.261 e. The van der Waals surface area contributed by atoms with E-state index in [1.54, 1.807) is 0 Å². The lowest BCUT2D eigenvalue weighted by molar-refractivity contribution is 0.387. The Hall–Kier alpha value is -2.84. The summed E-state index contributed by atoms with van der Waals surface area (Å²) in [5, 5.41) is 1.93. The first-order chi connectivity index (χ1) is 14.1. The normalized spacial score (nSPS) is 22.2. The van der Waals surface area contributed by atoms with Gasteiger partial charge in [-0.1, -0.05) is 0 Å². The summed E-state index contributed by atoms with van der Waals surface area (Å²) in [5.41, 5.74) is 10.8. The van der Waals surface area contributed by atoms with E-state index in [4.69, 9.17) is 5.73 Å². The smallest absolute Gasteiger partial charge is 0.261 e. The Labute approximate surface area is 171 Å². The number of hydrogen-bond donors (Lipinski definition) is 3. The maximum absolute atomic E-state index is 12.6. The fourth-order valence-electron chi connectivity index (χ4n) is 5.02. The summed E-state index contributed by atoms with van der Waals surface area (Å²) >= 11 is 1.52. The van der Waals surface area contributed by atoms with Crippen molar-refractivity contribution in [2.24, 2.45) is 11.8 Å². The third-order valence-corrected chi connectivity index (χ3v) is 7.34. The van der Waals surface area contributed by atoms with Gasteiger partial charge in [0.15, 0.2) is 0 Å². The van der Waals surface area contributed by atoms with E-state index in [2.05, 4.69) is 43.9 Å². The largest absolute Gasteiger partial charge is 0.397 e. The lowest BCUT2D eigenvalue weighted by Gasteiger charge is -2.21. The zero-order valence-electron chi connectivity index (χ0n) is 16.1. The number of aromatic amines is 2. The SMILES string of the molecule is CN1CC2CN(c3ccc4nc(-c5c(N)c6sccc6[nH]c5=O)[nH]c4c3)CC2C1. The number of nitrogen functional groups attached to an aromatic ring is 1. The first-order valence-corrected chi connectivity index (χ1v) is 10.8. The number of nitrogens with two attached hydrogens (primary N) is 1. The minimum absolute atomic E-state index is 0.218. The van der Waals surface area contributed by atoms with Crippen LogP contribution >= 0.6 is 11.3 Å². The molecule has 7 nitrogen and oxygen atoms in total. The number of H-pyrrole nitrogens is 2. The van der Waals surface area contributed by atoms with Gasteiger partial charge in [-0.2, -0.15) is 0 Å². The molecular weight excluding hydrogens is 384 g/mol. The molecule has 3 aromatic heterocycles. The van der Waals surface area contributed by atoms with Crippen molar-refractivity contribution >= 4 is 44.0 Å². The van der Waals surface area contributed by atoms with Crippen LogP contribution in [0.4, 0.5) is 11.4 Å². The van der Waals surface area contributed by atoms with Crippen molar-refractivity contribution in [3.63, 3.8) is 0 Å². The molecule has 2 unspecified atom stereocenters. The van der Waals surface area contributed by atoms with Gasteiger partial charge in [0.25, 0.3) is 5.56 Å². The van der Waals surface area contributed by atoms with E-state index in [0.717, 1.165) is 46.2 Å². The third-order valence-electron chi connectivity index (χ3n) is 6.39. The second kappa shape index (κ2) is 6.08. The molecule has 0 radical (unpaired) electrons. The summed E-state index contributed by atoms with van der Waals surface area (Å²) in [6.45, 7) is 4.57. The number of aromatic nitrogens is 3. The average molecular weight is 407 g/mol. The highest BCUT2D eigenvalue weighted by atomic mass is 32.1. The monoisotopic (exact) mass is 406 g/mol. The zero-order chi connectivity index (χ0) is 19.7. The van der Waals surface area contributed by atoms with Crippen LogP contribution in [-0.2, 0) is 0 Å². The van der Waals surface area contributed by atoms with Gasteiger partial charge < -0.3 is 25.5 Å². The van der Waals surface area contributed by atoms with Gasteiger partial charge in [0.05, 0.1) is 26.9 Å². The first-order valence-electron chi connectivity index (χ1n) is 9.89. The molecule has 0 aliphatic carbocycles. The fourth-order valence-corrected chi connectivity index (χ4v) is 5.84. The van der Waals surface area contributed by atoms with Crippen molar-refractivity contribution in [1.29, 1.82) is 0 Å². The molecule has 5 heterocycles. The van der Waals surface area contributed by atoms with Crippen molar-refractivity contribution in [2.45, 2.75) is 0 Å². The number of imidazole rings is 1. The number of hydrogen-bond acceptors (Lipinski definition) is 6. The molecular formula is C21H22N6OS. The number of rotatable bonds is 2. The molecule has 0 spiro atoms. The fraction of sp³-hybridized carbons (Fsp3) is 0.333. The molecule has 2 atom stereocenters. The van der Waals surface area contributed by atoms with Crippen LogP contribution in [0.5, 0.6) is 0 Å². The van der Waals surface area contributed by atoms with Crippen molar-refractivity contribution in [3.8, 4) is 11.4 Å². The lowest BCUT2D eigenvalue weighted by Crippen LogP contribution is -2.26. The highest BCUT2D eigenvalue weighted by Gasteiger charge is 2.38. The summed E-state index contributed by atoms with van der Waals surface area (Å²) in [7, 11) is 2.21. The molecule has 0 saturated carbocycles. The second-order valence-corrected chi connectivity index (χ2v) is 9.26. The molecule has 29 heavy (non-hydrogen) atoms. The Balaban J connectivity index is 1.38. The summed E-state index contributed by atoms with van der Waals surface area (Å²) in [5.74, 6) is 2.03. The zero-order valence-corrected chi connectivity index (χ0v) is 16.9. The summed E-state index contributed by atoms with van der Waals surface area (Å²) < 4.78 is 0.884. The Morgan fingerprint density at radius 2 is 1.90 bits per heavy atom. The molecule has 1 aromatic carbocycles. The molecule has 0 bridgehead atoms. The van der Waals surface area contributed by atoms with E-state index in [-0.39, 0.29) is 5.56 Å². The van der Waals surface area contributed by atoms with Gasteiger partial charge in [0.1, 0.15) is 11.4 Å². The first kappa shape index (κ1) is 17.1. The van der Waals surface area contributed by atoms with Gasteiger partial charge in [0.2, 0.25) is 0 Å². The molecule has 0 amide bonds. The van der Waals surface area contributed by atoms with Crippen molar-refractivity contribution in [1.82, 2.24) is 19.9 Å². The molecule has 2 aliphatic rings. The maximum atomic E-state index is 12.6. The Morgan fingerprint density at radius 3 is 2.69 bits per heavy atom. The lowest BCUT2D eigenvalue weighted by atomic mass is 10.0. The highest BCUT2D eigenvalue weighted by Crippen LogP contribution is 2.35. The van der Waals surface area contributed by atoms with Gasteiger partial charge in [-0.05, 0) is 48.5 Å². The Bertz CT molecular complexity index is 1290. The Morgan fingerprint density at radius 1 is 1.10 bits per heavy atom. The summed E-state index contributed by atoms with van der Waals surface area (Å²) in [6.07, 6.45) is 0. The van der Waals surface area contributed by atoms with Crippen LogP contribution in [0.2, 0.25) is 0 Å². The van der Waals surface area contributed by atoms with Crippen molar-refractivity contribution in [3.05, 3.63) is 40.0 Å². The predicted molar refractivity (Wildman–Crippen MR) is 119 cm³/mol. The van der Waals surface area contributed by atoms with Crippen LogP contribution < -0.4 is 16.2 Å². The van der Waals surface area contributed by atoms with E-state index in [1.165, 1.54) is 30.1 Å². The molecule has 2 saturated heterocycles. The van der Waals surface area contributed by atoms with E-state index in [9.17, 15) is 4.79 Å². The highest BCUT2D eigenvalue weighted by molar-refractivity contribution is 7.17. The number of thiophene rings is 1. The van der Waals surface area contributed by atoms with E-state index in [0.29, 0.717) is 17.1 Å². The molecule has 6 rings (SSSR count). The van der Waals surface area contributed by atoms with Crippen molar-refractivity contribution < 1.29 is 0 Å². The quantitative estimate of drug-likeness (QED) is 0.476. The van der Waals surface area contributed by atoms with E-state index < -0.39 is 0 Å². The average Bonchev–Trinajstić information content (AvgIpc) is 3.42. The second-order valence-electron chi connectivity index (χ2n) is 8.34. The summed E-state index contributed by atoms with van der Waals surface area (Å²) in [6, 6.07) is 8.17. The molecule has 2 fully saturated rings. The predicted octanol–water partition coefficient (Wildman–Crippen LogP) is 2.71. The van der Waals surface area contributed by atoms with Crippen LogP contribution in [0.25, 0.3) is 32.6 Å². The topological polar surface area (TPSA) is 94.0 Å². The minimum atomic E-state index is -0.218. The van der Waals surface area contributed by atoms with Crippen LogP contribution in [0, 0.1) is 11.8 Å². The number of pyridine rings is 1.